The maximum absolute atomic E-state index is 9.61. The van der Waals surface area contributed by atoms with Crippen LogP contribution in [0, 0.1) is 18.3 Å². The molecular weight excluding hydrogens is 384 g/mol. The summed E-state index contributed by atoms with van der Waals surface area (Å²) in [4.78, 5) is 4.46. The van der Waals surface area contributed by atoms with Gasteiger partial charge in [0.1, 0.15) is 23.1 Å². The van der Waals surface area contributed by atoms with Gasteiger partial charge in [-0.1, -0.05) is 65.9 Å². The van der Waals surface area contributed by atoms with E-state index in [0.717, 1.165) is 27.9 Å². The van der Waals surface area contributed by atoms with Gasteiger partial charge in [0.2, 0.25) is 0 Å². The van der Waals surface area contributed by atoms with Crippen molar-refractivity contribution in [3.8, 4) is 34.3 Å². The molecule has 0 spiro atoms. The molecule has 2 heterocycles. The molecule has 0 radical (unpaired) electrons. The van der Waals surface area contributed by atoms with Crippen molar-refractivity contribution in [3.05, 3.63) is 90.1 Å². The van der Waals surface area contributed by atoms with E-state index >= 15 is 0 Å². The van der Waals surface area contributed by atoms with Gasteiger partial charge < -0.3 is 5.73 Å². The zero-order valence-corrected chi connectivity index (χ0v) is 16.8. The summed E-state index contributed by atoms with van der Waals surface area (Å²) in [6, 6.07) is 28.0. The Balaban J connectivity index is 1.64. The fraction of sp³-hybridized carbons (Fsp3) is 0.0400. The highest BCUT2D eigenvalue weighted by molar-refractivity contribution is 5.84. The summed E-state index contributed by atoms with van der Waals surface area (Å²) in [5.41, 5.74) is 11.1. The van der Waals surface area contributed by atoms with E-state index in [1.54, 1.807) is 4.68 Å². The van der Waals surface area contributed by atoms with E-state index in [1.807, 2.05) is 61.5 Å². The van der Waals surface area contributed by atoms with Gasteiger partial charge in [0.15, 0.2) is 0 Å². The van der Waals surface area contributed by atoms with Gasteiger partial charge in [0.25, 0.3) is 0 Å². The monoisotopic (exact) mass is 402 g/mol. The third kappa shape index (κ3) is 3.18. The number of hydrogen-bond acceptors (Lipinski definition) is 5. The minimum Gasteiger partial charge on any atom is -0.383 e. The van der Waals surface area contributed by atoms with E-state index in [-0.39, 0.29) is 5.82 Å². The second-order valence-electron chi connectivity index (χ2n) is 7.26. The Labute approximate surface area is 179 Å². The van der Waals surface area contributed by atoms with E-state index in [0.29, 0.717) is 17.0 Å². The summed E-state index contributed by atoms with van der Waals surface area (Å²) in [7, 11) is 0. The summed E-state index contributed by atoms with van der Waals surface area (Å²) >= 11 is 0. The van der Waals surface area contributed by atoms with Gasteiger partial charge in [-0.3, -0.25) is 0 Å². The first-order chi connectivity index (χ1) is 15.2. The van der Waals surface area contributed by atoms with Crippen molar-refractivity contribution in [2.24, 2.45) is 0 Å². The van der Waals surface area contributed by atoms with E-state index in [4.69, 9.17) is 5.73 Å². The molecule has 3 aromatic carbocycles. The van der Waals surface area contributed by atoms with Crippen LogP contribution >= 0.6 is 0 Å². The summed E-state index contributed by atoms with van der Waals surface area (Å²) in [6.45, 7) is 1.95. The lowest BCUT2D eigenvalue weighted by atomic mass is 9.99. The van der Waals surface area contributed by atoms with E-state index in [9.17, 15) is 5.26 Å². The molecule has 0 aliphatic heterocycles. The standard InChI is InChI=1S/C25H18N6/c1-16-24(29-30-31(16)20-12-11-17-7-5-6-10-19(17)13-20)23-14-21(18-8-3-2-4-9-18)22(15-26)25(27)28-23/h2-14H,1H3,(H2,27,28). The second kappa shape index (κ2) is 7.39. The Morgan fingerprint density at radius 3 is 2.42 bits per heavy atom. The predicted molar refractivity (Wildman–Crippen MR) is 121 cm³/mol. The minimum absolute atomic E-state index is 0.179. The smallest absolute Gasteiger partial charge is 0.142 e. The molecule has 0 amide bonds. The van der Waals surface area contributed by atoms with Gasteiger partial charge in [-0.2, -0.15) is 5.26 Å². The van der Waals surface area contributed by atoms with Gasteiger partial charge in [-0.15, -0.1) is 5.10 Å². The number of rotatable bonds is 3. The average Bonchev–Trinajstić information content (AvgIpc) is 3.20. The lowest BCUT2D eigenvalue weighted by Gasteiger charge is -2.10. The Bertz CT molecular complexity index is 1460. The quantitative estimate of drug-likeness (QED) is 0.463. The Morgan fingerprint density at radius 1 is 0.903 bits per heavy atom. The first kappa shape index (κ1) is 18.5. The Kier molecular flexibility index (Phi) is 4.42. The number of hydrogen-bond donors (Lipinski definition) is 1. The number of fused-ring (bicyclic) bond motifs is 1. The van der Waals surface area contributed by atoms with E-state index in [2.05, 4.69) is 45.6 Å². The van der Waals surface area contributed by atoms with Crippen LogP contribution in [0.5, 0.6) is 0 Å². The van der Waals surface area contributed by atoms with Crippen LogP contribution < -0.4 is 5.73 Å². The van der Waals surface area contributed by atoms with Gasteiger partial charge in [0, 0.05) is 5.56 Å². The molecule has 6 nitrogen and oxygen atoms in total. The van der Waals surface area contributed by atoms with Gasteiger partial charge in [-0.25, -0.2) is 9.67 Å². The summed E-state index contributed by atoms with van der Waals surface area (Å²) in [5, 5.41) is 20.7. The van der Waals surface area contributed by atoms with Crippen LogP contribution in [0.3, 0.4) is 0 Å². The van der Waals surface area contributed by atoms with Crippen molar-refractivity contribution >= 4 is 16.6 Å². The molecule has 5 rings (SSSR count). The first-order valence-corrected chi connectivity index (χ1v) is 9.83. The highest BCUT2D eigenvalue weighted by atomic mass is 15.4. The maximum Gasteiger partial charge on any atom is 0.142 e. The number of benzene rings is 3. The molecule has 2 aromatic heterocycles. The maximum atomic E-state index is 9.61. The van der Waals surface area contributed by atoms with Crippen molar-refractivity contribution in [3.63, 3.8) is 0 Å². The first-order valence-electron chi connectivity index (χ1n) is 9.83. The number of nitriles is 1. The van der Waals surface area contributed by atoms with E-state index in [1.165, 1.54) is 5.39 Å². The molecule has 6 heteroatoms. The number of pyridine rings is 1. The zero-order valence-electron chi connectivity index (χ0n) is 16.8. The normalized spacial score (nSPS) is 10.8. The number of nitrogen functional groups attached to an aromatic ring is 1. The van der Waals surface area contributed by atoms with Crippen LogP contribution in [-0.4, -0.2) is 20.0 Å². The predicted octanol–water partition coefficient (Wildman–Crippen LogP) is 4.91. The fourth-order valence-corrected chi connectivity index (χ4v) is 3.77. The molecule has 148 valence electrons. The molecule has 5 aromatic rings. The van der Waals surface area contributed by atoms with Gasteiger partial charge >= 0.3 is 0 Å². The third-order valence-electron chi connectivity index (χ3n) is 5.36. The number of nitrogens with zero attached hydrogens (tertiary/aromatic N) is 5. The van der Waals surface area contributed by atoms with Crippen molar-refractivity contribution in [1.82, 2.24) is 20.0 Å². The summed E-state index contributed by atoms with van der Waals surface area (Å²) < 4.78 is 1.79. The molecule has 0 saturated heterocycles. The second-order valence-corrected chi connectivity index (χ2v) is 7.26. The minimum atomic E-state index is 0.179. The SMILES string of the molecule is Cc1c(-c2cc(-c3ccccc3)c(C#N)c(N)n2)nnn1-c1ccc2ccccc2c1. The molecule has 0 bridgehead atoms. The van der Waals surface area contributed by atoms with Crippen LogP contribution in [0.25, 0.3) is 39.0 Å². The molecule has 0 saturated carbocycles. The molecule has 0 aliphatic carbocycles. The van der Waals surface area contributed by atoms with Crippen LogP contribution in [0.4, 0.5) is 5.82 Å². The van der Waals surface area contributed by atoms with Crippen LogP contribution in [0.15, 0.2) is 78.9 Å². The number of aromatic nitrogens is 4. The highest BCUT2D eigenvalue weighted by Crippen LogP contribution is 2.32. The third-order valence-corrected chi connectivity index (χ3v) is 5.36. The fourth-order valence-electron chi connectivity index (χ4n) is 3.77. The number of anilines is 1. The molecule has 0 aliphatic rings. The van der Waals surface area contributed by atoms with E-state index < -0.39 is 0 Å². The lowest BCUT2D eigenvalue weighted by molar-refractivity contribution is 0.786. The van der Waals surface area contributed by atoms with Crippen LogP contribution in [0.1, 0.15) is 11.3 Å². The molecule has 2 N–H and O–H groups in total. The Morgan fingerprint density at radius 2 is 1.65 bits per heavy atom. The summed E-state index contributed by atoms with van der Waals surface area (Å²) in [5.74, 6) is 0.179. The highest BCUT2D eigenvalue weighted by Gasteiger charge is 2.18. The molecular formula is C25H18N6. The van der Waals surface area contributed by atoms with Crippen LogP contribution in [0.2, 0.25) is 0 Å². The lowest BCUT2D eigenvalue weighted by Crippen LogP contribution is -2.01. The molecule has 0 atom stereocenters. The van der Waals surface area contributed by atoms with Crippen molar-refractivity contribution in [1.29, 1.82) is 5.26 Å². The van der Waals surface area contributed by atoms with Crippen molar-refractivity contribution < 1.29 is 0 Å². The Hall–Kier alpha value is -4.50. The zero-order chi connectivity index (χ0) is 21.4. The van der Waals surface area contributed by atoms with Crippen molar-refractivity contribution in [2.45, 2.75) is 6.92 Å². The molecule has 0 fully saturated rings. The average molecular weight is 402 g/mol. The summed E-state index contributed by atoms with van der Waals surface area (Å²) in [6.07, 6.45) is 0. The molecule has 31 heavy (non-hydrogen) atoms. The largest absolute Gasteiger partial charge is 0.383 e. The topological polar surface area (TPSA) is 93.4 Å². The van der Waals surface area contributed by atoms with Crippen LogP contribution in [-0.2, 0) is 0 Å². The van der Waals surface area contributed by atoms with Crippen molar-refractivity contribution in [2.75, 3.05) is 5.73 Å². The van der Waals surface area contributed by atoms with Gasteiger partial charge in [0.05, 0.1) is 17.1 Å². The van der Waals surface area contributed by atoms with Gasteiger partial charge in [-0.05, 0) is 41.5 Å². The number of nitrogens with two attached hydrogens (primary N) is 1. The molecule has 0 unspecified atom stereocenters.